The molecule has 0 spiro atoms. The van der Waals surface area contributed by atoms with E-state index < -0.39 is 0 Å². The lowest BCUT2D eigenvalue weighted by molar-refractivity contribution is 0.628. The molecule has 0 aliphatic heterocycles. The third-order valence-corrected chi connectivity index (χ3v) is 3.68. The van der Waals surface area contributed by atoms with Gasteiger partial charge in [0.25, 0.3) is 0 Å². The standard InChI is InChI=1S/C18H17FN2/c1-11(20)18-17(13-6-5-7-14(19)10-13)16-9-4-3-8-15(16)12(2)21-18/h3-11H,20H2,1-2H3. The zero-order chi connectivity index (χ0) is 15.0. The Hall–Kier alpha value is -2.26. The van der Waals surface area contributed by atoms with Crippen molar-refractivity contribution in [3.8, 4) is 11.1 Å². The Labute approximate surface area is 123 Å². The van der Waals surface area contributed by atoms with Crippen LogP contribution in [0.25, 0.3) is 21.9 Å². The van der Waals surface area contributed by atoms with Crippen molar-refractivity contribution in [2.45, 2.75) is 19.9 Å². The predicted molar refractivity (Wildman–Crippen MR) is 84.5 cm³/mol. The second-order valence-corrected chi connectivity index (χ2v) is 5.30. The Bertz CT molecular complexity index is 809. The number of halogens is 1. The number of rotatable bonds is 2. The van der Waals surface area contributed by atoms with Gasteiger partial charge < -0.3 is 5.73 Å². The molecule has 1 aromatic heterocycles. The van der Waals surface area contributed by atoms with Crippen molar-refractivity contribution in [1.82, 2.24) is 4.98 Å². The summed E-state index contributed by atoms with van der Waals surface area (Å²) in [4.78, 5) is 4.66. The molecule has 1 unspecified atom stereocenters. The van der Waals surface area contributed by atoms with Gasteiger partial charge in [-0.2, -0.15) is 0 Å². The summed E-state index contributed by atoms with van der Waals surface area (Å²) < 4.78 is 13.6. The number of aryl methyl sites for hydroxylation is 1. The van der Waals surface area contributed by atoms with E-state index in [1.165, 1.54) is 12.1 Å². The van der Waals surface area contributed by atoms with Crippen LogP contribution in [0.4, 0.5) is 4.39 Å². The van der Waals surface area contributed by atoms with Crippen LogP contribution < -0.4 is 5.73 Å². The zero-order valence-corrected chi connectivity index (χ0v) is 12.1. The van der Waals surface area contributed by atoms with Crippen LogP contribution >= 0.6 is 0 Å². The summed E-state index contributed by atoms with van der Waals surface area (Å²) in [5.74, 6) is -0.257. The van der Waals surface area contributed by atoms with Gasteiger partial charge in [0, 0.05) is 22.7 Å². The van der Waals surface area contributed by atoms with Crippen molar-refractivity contribution < 1.29 is 4.39 Å². The van der Waals surface area contributed by atoms with E-state index in [9.17, 15) is 4.39 Å². The zero-order valence-electron chi connectivity index (χ0n) is 12.1. The summed E-state index contributed by atoms with van der Waals surface area (Å²) in [5, 5.41) is 2.13. The summed E-state index contributed by atoms with van der Waals surface area (Å²) in [6, 6.07) is 14.4. The van der Waals surface area contributed by atoms with Crippen molar-refractivity contribution in [3.05, 3.63) is 65.7 Å². The highest BCUT2D eigenvalue weighted by molar-refractivity contribution is 5.98. The summed E-state index contributed by atoms with van der Waals surface area (Å²) in [7, 11) is 0. The molecule has 106 valence electrons. The molecule has 0 bridgehead atoms. The van der Waals surface area contributed by atoms with Gasteiger partial charge in [-0.15, -0.1) is 0 Å². The first kappa shape index (κ1) is 13.7. The molecule has 3 heteroatoms. The van der Waals surface area contributed by atoms with Crippen LogP contribution in [0.15, 0.2) is 48.5 Å². The van der Waals surface area contributed by atoms with Gasteiger partial charge in [0.15, 0.2) is 0 Å². The molecule has 0 amide bonds. The second-order valence-electron chi connectivity index (χ2n) is 5.30. The van der Waals surface area contributed by atoms with E-state index in [4.69, 9.17) is 5.73 Å². The Morgan fingerprint density at radius 2 is 1.76 bits per heavy atom. The maximum absolute atomic E-state index is 13.6. The number of aromatic nitrogens is 1. The number of pyridine rings is 1. The number of nitrogens with two attached hydrogens (primary N) is 1. The number of nitrogens with zero attached hydrogens (tertiary/aromatic N) is 1. The van der Waals surface area contributed by atoms with Crippen molar-refractivity contribution in [1.29, 1.82) is 0 Å². The Kier molecular flexibility index (Phi) is 3.43. The molecule has 1 atom stereocenters. The molecule has 21 heavy (non-hydrogen) atoms. The van der Waals surface area contributed by atoms with Gasteiger partial charge in [0.1, 0.15) is 5.82 Å². The Morgan fingerprint density at radius 1 is 1.05 bits per heavy atom. The quantitative estimate of drug-likeness (QED) is 0.757. The largest absolute Gasteiger partial charge is 0.323 e. The average Bonchev–Trinajstić information content (AvgIpc) is 2.47. The molecule has 0 saturated heterocycles. The van der Waals surface area contributed by atoms with Crippen LogP contribution in [0.5, 0.6) is 0 Å². The molecule has 2 nitrogen and oxygen atoms in total. The van der Waals surface area contributed by atoms with Crippen molar-refractivity contribution in [2.24, 2.45) is 5.73 Å². The molecular formula is C18H17FN2. The highest BCUT2D eigenvalue weighted by Gasteiger charge is 2.16. The fourth-order valence-electron chi connectivity index (χ4n) is 2.73. The third kappa shape index (κ3) is 2.41. The molecule has 2 aromatic carbocycles. The van der Waals surface area contributed by atoms with Crippen LogP contribution in [0.3, 0.4) is 0 Å². The normalized spacial score (nSPS) is 12.6. The number of hydrogen-bond donors (Lipinski definition) is 1. The van der Waals surface area contributed by atoms with E-state index in [0.29, 0.717) is 0 Å². The van der Waals surface area contributed by atoms with Crippen LogP contribution in [-0.4, -0.2) is 4.98 Å². The van der Waals surface area contributed by atoms with E-state index >= 15 is 0 Å². The van der Waals surface area contributed by atoms with E-state index in [-0.39, 0.29) is 11.9 Å². The first-order valence-corrected chi connectivity index (χ1v) is 6.98. The van der Waals surface area contributed by atoms with Crippen LogP contribution in [0, 0.1) is 12.7 Å². The first-order chi connectivity index (χ1) is 10.1. The molecule has 0 aliphatic rings. The number of fused-ring (bicyclic) bond motifs is 1. The molecule has 1 heterocycles. The van der Waals surface area contributed by atoms with E-state index in [1.807, 2.05) is 44.2 Å². The molecule has 0 saturated carbocycles. The number of hydrogen-bond acceptors (Lipinski definition) is 2. The van der Waals surface area contributed by atoms with Gasteiger partial charge in [-0.1, -0.05) is 36.4 Å². The minimum Gasteiger partial charge on any atom is -0.323 e. The highest BCUT2D eigenvalue weighted by Crippen LogP contribution is 2.34. The fraction of sp³-hybridized carbons (Fsp3) is 0.167. The minimum absolute atomic E-state index is 0.216. The van der Waals surface area contributed by atoms with Gasteiger partial charge in [0.05, 0.1) is 5.69 Å². The smallest absolute Gasteiger partial charge is 0.123 e. The molecule has 3 rings (SSSR count). The van der Waals surface area contributed by atoms with E-state index in [2.05, 4.69) is 4.98 Å². The molecule has 3 aromatic rings. The topological polar surface area (TPSA) is 38.9 Å². The summed E-state index contributed by atoms with van der Waals surface area (Å²) in [6.07, 6.45) is 0. The molecule has 0 fully saturated rings. The molecule has 2 N–H and O–H groups in total. The van der Waals surface area contributed by atoms with Crippen LogP contribution in [0.1, 0.15) is 24.4 Å². The van der Waals surface area contributed by atoms with Gasteiger partial charge in [0.2, 0.25) is 0 Å². The van der Waals surface area contributed by atoms with Crippen molar-refractivity contribution in [3.63, 3.8) is 0 Å². The monoisotopic (exact) mass is 280 g/mol. The first-order valence-electron chi connectivity index (χ1n) is 6.98. The minimum atomic E-state index is -0.257. The van der Waals surface area contributed by atoms with Crippen LogP contribution in [-0.2, 0) is 0 Å². The maximum atomic E-state index is 13.6. The van der Waals surface area contributed by atoms with Crippen LogP contribution in [0.2, 0.25) is 0 Å². The lowest BCUT2D eigenvalue weighted by Crippen LogP contribution is -2.10. The molecule has 0 aliphatic carbocycles. The highest BCUT2D eigenvalue weighted by atomic mass is 19.1. The second kappa shape index (κ2) is 5.26. The van der Waals surface area contributed by atoms with Gasteiger partial charge in [-0.3, -0.25) is 4.98 Å². The Morgan fingerprint density at radius 3 is 2.43 bits per heavy atom. The predicted octanol–water partition coefficient (Wildman–Crippen LogP) is 4.37. The molecular weight excluding hydrogens is 263 g/mol. The summed E-state index contributed by atoms with van der Waals surface area (Å²) >= 11 is 0. The summed E-state index contributed by atoms with van der Waals surface area (Å²) in [5.41, 5.74) is 9.57. The lowest BCUT2D eigenvalue weighted by atomic mass is 9.94. The lowest BCUT2D eigenvalue weighted by Gasteiger charge is -2.17. The van der Waals surface area contributed by atoms with Crippen molar-refractivity contribution in [2.75, 3.05) is 0 Å². The van der Waals surface area contributed by atoms with E-state index in [0.717, 1.165) is 33.3 Å². The Balaban J connectivity index is 2.43. The van der Waals surface area contributed by atoms with Crippen molar-refractivity contribution >= 4 is 10.8 Å². The fourth-order valence-corrected chi connectivity index (χ4v) is 2.73. The summed E-state index contributed by atoms with van der Waals surface area (Å²) in [6.45, 7) is 3.88. The average molecular weight is 280 g/mol. The number of benzene rings is 2. The maximum Gasteiger partial charge on any atom is 0.123 e. The SMILES string of the molecule is Cc1nc(C(C)N)c(-c2cccc(F)c2)c2ccccc12. The van der Waals surface area contributed by atoms with Gasteiger partial charge >= 0.3 is 0 Å². The van der Waals surface area contributed by atoms with E-state index in [1.54, 1.807) is 6.07 Å². The molecule has 0 radical (unpaired) electrons. The van der Waals surface area contributed by atoms with Gasteiger partial charge in [-0.05, 0) is 36.9 Å². The third-order valence-electron chi connectivity index (χ3n) is 3.68. The van der Waals surface area contributed by atoms with Gasteiger partial charge in [-0.25, -0.2) is 4.39 Å².